The van der Waals surface area contributed by atoms with E-state index in [4.69, 9.17) is 0 Å². The molecule has 1 amide bonds. The van der Waals surface area contributed by atoms with Crippen LogP contribution in [0, 0.1) is 0 Å². The summed E-state index contributed by atoms with van der Waals surface area (Å²) in [5.41, 5.74) is 5.30. The molecular formula is C27H25N5O3S. The lowest BCUT2D eigenvalue weighted by atomic mass is 10.1. The highest BCUT2D eigenvalue weighted by Crippen LogP contribution is 2.28. The van der Waals surface area contributed by atoms with Crippen LogP contribution in [0.3, 0.4) is 0 Å². The van der Waals surface area contributed by atoms with Crippen molar-refractivity contribution in [2.75, 3.05) is 6.26 Å². The minimum absolute atomic E-state index is 0.123. The number of rotatable bonds is 7. The second kappa shape index (κ2) is 9.43. The molecule has 182 valence electrons. The number of carbonyl (C=O) groups is 1. The summed E-state index contributed by atoms with van der Waals surface area (Å²) in [5.74, 6) is -0.123. The van der Waals surface area contributed by atoms with Gasteiger partial charge in [-0.2, -0.15) is 5.10 Å². The highest BCUT2D eigenvalue weighted by molar-refractivity contribution is 7.90. The van der Waals surface area contributed by atoms with Gasteiger partial charge in [-0.05, 0) is 42.0 Å². The van der Waals surface area contributed by atoms with Gasteiger partial charge in [0.25, 0.3) is 0 Å². The van der Waals surface area contributed by atoms with Gasteiger partial charge in [-0.25, -0.2) is 8.42 Å². The lowest BCUT2D eigenvalue weighted by molar-refractivity contribution is -0.121. The summed E-state index contributed by atoms with van der Waals surface area (Å²) in [7, 11) is -1.35. The van der Waals surface area contributed by atoms with E-state index in [9.17, 15) is 13.2 Å². The van der Waals surface area contributed by atoms with Gasteiger partial charge in [0.2, 0.25) is 5.91 Å². The lowest BCUT2D eigenvalue weighted by Crippen LogP contribution is -2.27. The summed E-state index contributed by atoms with van der Waals surface area (Å²) in [5, 5.41) is 8.29. The van der Waals surface area contributed by atoms with E-state index in [0.717, 1.165) is 39.1 Å². The fraction of sp³-hybridized carbons (Fsp3) is 0.148. The Morgan fingerprint density at radius 2 is 1.69 bits per heavy atom. The van der Waals surface area contributed by atoms with Crippen LogP contribution in [0.2, 0.25) is 0 Å². The zero-order valence-electron chi connectivity index (χ0n) is 19.9. The number of hydrogen-bond acceptors (Lipinski definition) is 5. The molecule has 3 heterocycles. The number of benzene rings is 2. The van der Waals surface area contributed by atoms with Crippen molar-refractivity contribution >= 4 is 26.6 Å². The molecule has 2 aromatic carbocycles. The van der Waals surface area contributed by atoms with Gasteiger partial charge in [0.05, 0.1) is 28.5 Å². The molecule has 9 heteroatoms. The Morgan fingerprint density at radius 3 is 2.36 bits per heavy atom. The smallest absolute Gasteiger partial charge is 0.240 e. The van der Waals surface area contributed by atoms with Crippen molar-refractivity contribution in [1.29, 1.82) is 0 Å². The van der Waals surface area contributed by atoms with E-state index in [1.807, 2.05) is 54.1 Å². The molecule has 5 rings (SSSR count). The molecule has 0 unspecified atom stereocenters. The number of nitrogens with one attached hydrogen (secondary N) is 1. The van der Waals surface area contributed by atoms with E-state index in [2.05, 4.69) is 21.5 Å². The monoisotopic (exact) mass is 499 g/mol. The fourth-order valence-electron chi connectivity index (χ4n) is 4.20. The molecule has 0 aliphatic rings. The lowest BCUT2D eigenvalue weighted by Gasteiger charge is -2.12. The van der Waals surface area contributed by atoms with Gasteiger partial charge in [0, 0.05) is 42.2 Å². The summed E-state index contributed by atoms with van der Waals surface area (Å²) < 4.78 is 27.1. The van der Waals surface area contributed by atoms with Crippen LogP contribution in [-0.2, 0) is 34.8 Å². The Kier molecular flexibility index (Phi) is 6.15. The van der Waals surface area contributed by atoms with E-state index in [0.29, 0.717) is 6.54 Å². The van der Waals surface area contributed by atoms with Gasteiger partial charge >= 0.3 is 0 Å². The summed E-state index contributed by atoms with van der Waals surface area (Å²) in [4.78, 5) is 17.6. The number of pyridine rings is 1. The quantitative estimate of drug-likeness (QED) is 0.367. The van der Waals surface area contributed by atoms with Crippen molar-refractivity contribution in [1.82, 2.24) is 24.6 Å². The predicted octanol–water partition coefficient (Wildman–Crippen LogP) is 3.82. The van der Waals surface area contributed by atoms with Crippen LogP contribution in [0.5, 0.6) is 0 Å². The highest BCUT2D eigenvalue weighted by Gasteiger charge is 2.16. The van der Waals surface area contributed by atoms with Crippen molar-refractivity contribution in [2.45, 2.75) is 18.0 Å². The minimum Gasteiger partial charge on any atom is -0.349 e. The molecule has 0 bridgehead atoms. The van der Waals surface area contributed by atoms with Crippen LogP contribution in [-0.4, -0.2) is 39.9 Å². The summed E-state index contributed by atoms with van der Waals surface area (Å²) in [6, 6.07) is 22.4. The van der Waals surface area contributed by atoms with E-state index in [-0.39, 0.29) is 17.3 Å². The van der Waals surface area contributed by atoms with Crippen LogP contribution in [0.15, 0.2) is 90.1 Å². The number of fused-ring (bicyclic) bond motifs is 1. The largest absolute Gasteiger partial charge is 0.349 e. The minimum atomic E-state index is -3.23. The van der Waals surface area contributed by atoms with Gasteiger partial charge < -0.3 is 9.88 Å². The molecular weight excluding hydrogens is 474 g/mol. The number of hydrogen-bond donors (Lipinski definition) is 1. The zero-order valence-corrected chi connectivity index (χ0v) is 20.7. The molecule has 0 radical (unpaired) electrons. The first kappa shape index (κ1) is 23.5. The van der Waals surface area contributed by atoms with Crippen molar-refractivity contribution in [3.05, 3.63) is 90.9 Å². The van der Waals surface area contributed by atoms with Gasteiger partial charge in [0.15, 0.2) is 9.84 Å². The third kappa shape index (κ3) is 4.78. The number of carbonyl (C=O) groups excluding carboxylic acids is 1. The van der Waals surface area contributed by atoms with E-state index < -0.39 is 9.84 Å². The van der Waals surface area contributed by atoms with E-state index in [1.165, 1.54) is 6.26 Å². The normalized spacial score (nSPS) is 11.6. The maximum atomic E-state index is 12.9. The molecule has 5 aromatic rings. The Hall–Kier alpha value is -4.24. The Morgan fingerprint density at radius 1 is 0.944 bits per heavy atom. The molecule has 1 N–H and O–H groups in total. The summed E-state index contributed by atoms with van der Waals surface area (Å²) in [6.45, 7) is 0.463. The van der Waals surface area contributed by atoms with Crippen molar-refractivity contribution in [3.8, 4) is 22.5 Å². The third-order valence-corrected chi connectivity index (χ3v) is 7.23. The van der Waals surface area contributed by atoms with Crippen molar-refractivity contribution in [3.63, 3.8) is 0 Å². The Bertz CT molecular complexity index is 1650. The molecule has 36 heavy (non-hydrogen) atoms. The maximum absolute atomic E-state index is 12.9. The van der Waals surface area contributed by atoms with Crippen molar-refractivity contribution in [2.24, 2.45) is 7.05 Å². The van der Waals surface area contributed by atoms with Crippen LogP contribution in [0.4, 0.5) is 0 Å². The Balaban J connectivity index is 1.28. The maximum Gasteiger partial charge on any atom is 0.240 e. The standard InChI is InChI=1S/C27H25N5O3S/c1-31-25(13-14-30-31)26-15-20-5-3-4-6-24(20)32(26)18-27(33)29-17-22-10-7-21(16-28-22)19-8-11-23(12-9-19)36(2,34)35/h3-16H,17-18H2,1-2H3,(H,29,33). The first-order valence-electron chi connectivity index (χ1n) is 11.4. The topological polar surface area (TPSA) is 98.9 Å². The van der Waals surface area contributed by atoms with Gasteiger partial charge in [0.1, 0.15) is 6.54 Å². The molecule has 8 nitrogen and oxygen atoms in total. The molecule has 0 atom stereocenters. The molecule has 0 saturated carbocycles. The molecule has 0 fully saturated rings. The summed E-state index contributed by atoms with van der Waals surface area (Å²) >= 11 is 0. The second-order valence-corrected chi connectivity index (χ2v) is 10.6. The van der Waals surface area contributed by atoms with Gasteiger partial charge in [-0.1, -0.05) is 36.4 Å². The highest BCUT2D eigenvalue weighted by atomic mass is 32.2. The van der Waals surface area contributed by atoms with Crippen LogP contribution >= 0.6 is 0 Å². The molecule has 3 aromatic heterocycles. The molecule has 0 spiro atoms. The number of aryl methyl sites for hydroxylation is 1. The zero-order chi connectivity index (χ0) is 25.3. The van der Waals surface area contributed by atoms with Gasteiger partial charge in [-0.3, -0.25) is 14.5 Å². The molecule has 0 aliphatic heterocycles. The summed E-state index contributed by atoms with van der Waals surface area (Å²) in [6.07, 6.45) is 4.65. The number of amides is 1. The first-order chi connectivity index (χ1) is 17.3. The number of sulfone groups is 1. The third-order valence-electron chi connectivity index (χ3n) is 6.10. The van der Waals surface area contributed by atoms with Crippen LogP contribution < -0.4 is 5.32 Å². The number of para-hydroxylation sites is 1. The molecule has 0 saturated heterocycles. The molecule has 0 aliphatic carbocycles. The number of aromatic nitrogens is 4. The predicted molar refractivity (Wildman–Crippen MR) is 139 cm³/mol. The van der Waals surface area contributed by atoms with Crippen molar-refractivity contribution < 1.29 is 13.2 Å². The first-order valence-corrected chi connectivity index (χ1v) is 13.3. The van der Waals surface area contributed by atoms with E-state index >= 15 is 0 Å². The fourth-order valence-corrected chi connectivity index (χ4v) is 4.83. The Labute approximate surface area is 209 Å². The SMILES string of the molecule is Cn1nccc1-c1cc2ccccc2n1CC(=O)NCc1ccc(-c2ccc(S(C)(=O)=O)cc2)cn1. The van der Waals surface area contributed by atoms with Crippen LogP contribution in [0.1, 0.15) is 5.69 Å². The van der Waals surface area contributed by atoms with Gasteiger partial charge in [-0.15, -0.1) is 0 Å². The second-order valence-electron chi connectivity index (χ2n) is 8.63. The van der Waals surface area contributed by atoms with Crippen LogP contribution in [0.25, 0.3) is 33.4 Å². The average Bonchev–Trinajstić information content (AvgIpc) is 3.45. The van der Waals surface area contributed by atoms with E-state index in [1.54, 1.807) is 41.3 Å². The average molecular weight is 500 g/mol. The number of nitrogens with zero attached hydrogens (tertiary/aromatic N) is 4.